The molecule has 0 saturated carbocycles. The minimum absolute atomic E-state index is 0.0816. The molecule has 0 bridgehead atoms. The first kappa shape index (κ1) is 14.9. The van der Waals surface area contributed by atoms with Gasteiger partial charge in [-0.05, 0) is 12.8 Å². The Hall–Kier alpha value is -0.0800. The molecule has 0 aliphatic heterocycles. The van der Waals surface area contributed by atoms with Gasteiger partial charge in [-0.3, -0.25) is 0 Å². The van der Waals surface area contributed by atoms with E-state index in [-0.39, 0.29) is 12.7 Å². The third-order valence-electron chi connectivity index (χ3n) is 2.68. The zero-order valence-electron chi connectivity index (χ0n) is 10.5. The summed E-state index contributed by atoms with van der Waals surface area (Å²) in [6.07, 6.45) is 9.70. The summed E-state index contributed by atoms with van der Waals surface area (Å²) < 4.78 is 5.63. The number of hydrogen-bond acceptors (Lipinski definition) is 2. The molecule has 1 unspecified atom stereocenters. The molecule has 1 atom stereocenters. The molecular weight excluding hydrogens is 188 g/mol. The van der Waals surface area contributed by atoms with Crippen LogP contribution in [0.4, 0.5) is 0 Å². The Morgan fingerprint density at radius 1 is 0.933 bits per heavy atom. The van der Waals surface area contributed by atoms with Crippen LogP contribution in [0.3, 0.4) is 0 Å². The molecule has 0 aliphatic rings. The molecule has 15 heavy (non-hydrogen) atoms. The summed E-state index contributed by atoms with van der Waals surface area (Å²) in [5.41, 5.74) is 0. The first-order chi connectivity index (χ1) is 7.35. The van der Waals surface area contributed by atoms with Gasteiger partial charge in [-0.1, -0.05) is 52.4 Å². The fraction of sp³-hybridized carbons (Fsp3) is 1.00. The number of ether oxygens (including phenoxy) is 1. The van der Waals surface area contributed by atoms with E-state index in [0.717, 1.165) is 19.4 Å². The third-order valence-corrected chi connectivity index (χ3v) is 2.68. The molecule has 0 saturated heterocycles. The van der Waals surface area contributed by atoms with Gasteiger partial charge in [0.15, 0.2) is 0 Å². The SMILES string of the molecule is CCCCCCOC(CO)CCCCC. The van der Waals surface area contributed by atoms with Crippen molar-refractivity contribution in [3.8, 4) is 0 Å². The summed E-state index contributed by atoms with van der Waals surface area (Å²) in [6, 6.07) is 0. The Labute approximate surface area is 95.0 Å². The summed E-state index contributed by atoms with van der Waals surface area (Å²) in [5.74, 6) is 0. The second-order valence-corrected chi connectivity index (χ2v) is 4.23. The molecule has 0 aliphatic carbocycles. The Morgan fingerprint density at radius 3 is 2.20 bits per heavy atom. The summed E-state index contributed by atoms with van der Waals surface area (Å²) in [5, 5.41) is 9.10. The maximum Gasteiger partial charge on any atom is 0.0805 e. The van der Waals surface area contributed by atoms with Gasteiger partial charge in [0, 0.05) is 6.61 Å². The average Bonchev–Trinajstić information content (AvgIpc) is 2.26. The van der Waals surface area contributed by atoms with E-state index < -0.39 is 0 Å². The largest absolute Gasteiger partial charge is 0.394 e. The van der Waals surface area contributed by atoms with Gasteiger partial charge in [-0.2, -0.15) is 0 Å². The Balaban J connectivity index is 3.28. The predicted octanol–water partition coefficient (Wildman–Crippen LogP) is 3.52. The van der Waals surface area contributed by atoms with Crippen molar-refractivity contribution in [3.63, 3.8) is 0 Å². The molecule has 2 heteroatoms. The molecule has 1 N–H and O–H groups in total. The Bertz CT molecular complexity index is 115. The van der Waals surface area contributed by atoms with Crippen molar-refractivity contribution in [2.75, 3.05) is 13.2 Å². The average molecular weight is 216 g/mol. The van der Waals surface area contributed by atoms with Crippen LogP contribution in [0.25, 0.3) is 0 Å². The van der Waals surface area contributed by atoms with E-state index in [1.165, 1.54) is 38.5 Å². The lowest BCUT2D eigenvalue weighted by Gasteiger charge is -2.15. The second kappa shape index (κ2) is 12.0. The molecular formula is C13H28O2. The highest BCUT2D eigenvalue weighted by atomic mass is 16.5. The monoisotopic (exact) mass is 216 g/mol. The predicted molar refractivity (Wildman–Crippen MR) is 65.1 cm³/mol. The maximum atomic E-state index is 9.10. The van der Waals surface area contributed by atoms with Gasteiger partial charge in [-0.15, -0.1) is 0 Å². The van der Waals surface area contributed by atoms with E-state index >= 15 is 0 Å². The molecule has 0 rings (SSSR count). The first-order valence-corrected chi connectivity index (χ1v) is 6.57. The number of aliphatic hydroxyl groups is 1. The molecule has 0 spiro atoms. The zero-order chi connectivity index (χ0) is 11.4. The summed E-state index contributed by atoms with van der Waals surface area (Å²) >= 11 is 0. The normalized spacial score (nSPS) is 13.0. The summed E-state index contributed by atoms with van der Waals surface area (Å²) in [7, 11) is 0. The van der Waals surface area contributed by atoms with Crippen LogP contribution >= 0.6 is 0 Å². The summed E-state index contributed by atoms with van der Waals surface area (Å²) in [6.45, 7) is 5.40. The molecule has 0 radical (unpaired) electrons. The van der Waals surface area contributed by atoms with Crippen LogP contribution < -0.4 is 0 Å². The molecule has 0 fully saturated rings. The highest BCUT2D eigenvalue weighted by molar-refractivity contribution is 4.56. The van der Waals surface area contributed by atoms with Crippen LogP contribution in [0.5, 0.6) is 0 Å². The molecule has 2 nitrogen and oxygen atoms in total. The minimum atomic E-state index is 0.0816. The zero-order valence-corrected chi connectivity index (χ0v) is 10.5. The van der Waals surface area contributed by atoms with Crippen molar-refractivity contribution in [3.05, 3.63) is 0 Å². The quantitative estimate of drug-likeness (QED) is 0.535. The van der Waals surface area contributed by atoms with Crippen LogP contribution in [0.1, 0.15) is 65.2 Å². The fourth-order valence-corrected chi connectivity index (χ4v) is 1.63. The van der Waals surface area contributed by atoms with Crippen LogP contribution in [0.15, 0.2) is 0 Å². The maximum absolute atomic E-state index is 9.10. The van der Waals surface area contributed by atoms with Gasteiger partial charge in [0.2, 0.25) is 0 Å². The van der Waals surface area contributed by atoms with Gasteiger partial charge in [0.05, 0.1) is 12.7 Å². The van der Waals surface area contributed by atoms with Crippen LogP contribution in [-0.4, -0.2) is 24.4 Å². The molecule has 92 valence electrons. The van der Waals surface area contributed by atoms with Crippen molar-refractivity contribution < 1.29 is 9.84 Å². The van der Waals surface area contributed by atoms with Crippen LogP contribution in [-0.2, 0) is 4.74 Å². The Kier molecular flexibility index (Phi) is 11.9. The van der Waals surface area contributed by atoms with Gasteiger partial charge >= 0.3 is 0 Å². The van der Waals surface area contributed by atoms with Gasteiger partial charge in [0.25, 0.3) is 0 Å². The molecule has 0 aromatic rings. The van der Waals surface area contributed by atoms with Crippen molar-refractivity contribution >= 4 is 0 Å². The van der Waals surface area contributed by atoms with Gasteiger partial charge in [0.1, 0.15) is 0 Å². The number of hydrogen-bond donors (Lipinski definition) is 1. The van der Waals surface area contributed by atoms with Crippen LogP contribution in [0.2, 0.25) is 0 Å². The number of aliphatic hydroxyl groups excluding tert-OH is 1. The van der Waals surface area contributed by atoms with E-state index in [4.69, 9.17) is 9.84 Å². The van der Waals surface area contributed by atoms with E-state index in [1.807, 2.05) is 0 Å². The van der Waals surface area contributed by atoms with Crippen molar-refractivity contribution in [2.45, 2.75) is 71.3 Å². The molecule has 0 heterocycles. The van der Waals surface area contributed by atoms with Gasteiger partial charge in [-0.25, -0.2) is 0 Å². The summed E-state index contributed by atoms with van der Waals surface area (Å²) in [4.78, 5) is 0. The first-order valence-electron chi connectivity index (χ1n) is 6.57. The number of rotatable bonds is 11. The standard InChI is InChI=1S/C13H28O2/c1-3-5-7-9-11-15-13(12-14)10-8-6-4-2/h13-14H,3-12H2,1-2H3. The lowest BCUT2D eigenvalue weighted by molar-refractivity contribution is 0.00507. The minimum Gasteiger partial charge on any atom is -0.394 e. The topological polar surface area (TPSA) is 29.5 Å². The fourth-order valence-electron chi connectivity index (χ4n) is 1.63. The van der Waals surface area contributed by atoms with E-state index in [9.17, 15) is 0 Å². The van der Waals surface area contributed by atoms with Crippen molar-refractivity contribution in [1.82, 2.24) is 0 Å². The van der Waals surface area contributed by atoms with Crippen molar-refractivity contribution in [1.29, 1.82) is 0 Å². The molecule has 0 aromatic heterocycles. The highest BCUT2D eigenvalue weighted by Crippen LogP contribution is 2.08. The van der Waals surface area contributed by atoms with Crippen LogP contribution in [0, 0.1) is 0 Å². The third kappa shape index (κ3) is 10.2. The second-order valence-electron chi connectivity index (χ2n) is 4.23. The van der Waals surface area contributed by atoms with E-state index in [1.54, 1.807) is 0 Å². The lowest BCUT2D eigenvalue weighted by atomic mass is 10.1. The molecule has 0 aromatic carbocycles. The Morgan fingerprint density at radius 2 is 1.60 bits per heavy atom. The van der Waals surface area contributed by atoms with Crippen molar-refractivity contribution in [2.24, 2.45) is 0 Å². The number of unbranched alkanes of at least 4 members (excludes halogenated alkanes) is 5. The highest BCUT2D eigenvalue weighted by Gasteiger charge is 2.06. The van der Waals surface area contributed by atoms with E-state index in [0.29, 0.717) is 0 Å². The smallest absolute Gasteiger partial charge is 0.0805 e. The lowest BCUT2D eigenvalue weighted by Crippen LogP contribution is -2.18. The van der Waals surface area contributed by atoms with E-state index in [2.05, 4.69) is 13.8 Å². The van der Waals surface area contributed by atoms with Gasteiger partial charge < -0.3 is 9.84 Å². The molecule has 0 amide bonds.